The molecule has 1 aliphatic heterocycles. The van der Waals surface area contributed by atoms with E-state index in [-0.39, 0.29) is 12.3 Å². The maximum atomic E-state index is 12.3. The normalized spacial score (nSPS) is 16.0. The first kappa shape index (κ1) is 14.7. The highest BCUT2D eigenvalue weighted by molar-refractivity contribution is 5.78. The molecule has 1 fully saturated rings. The Kier molecular flexibility index (Phi) is 4.18. The number of nitrogens with zero attached hydrogens (tertiary/aromatic N) is 4. The van der Waals surface area contributed by atoms with Gasteiger partial charge in [-0.25, -0.2) is 9.97 Å². The maximum Gasteiger partial charge on any atom is 0.230 e. The summed E-state index contributed by atoms with van der Waals surface area (Å²) in [5.41, 5.74) is 3.05. The van der Waals surface area contributed by atoms with Crippen LogP contribution in [0.2, 0.25) is 0 Å². The van der Waals surface area contributed by atoms with Crippen LogP contribution in [0.15, 0.2) is 23.1 Å². The van der Waals surface area contributed by atoms with Crippen molar-refractivity contribution in [2.24, 2.45) is 0 Å². The molecular weight excluding hydrogens is 280 g/mol. The van der Waals surface area contributed by atoms with E-state index in [9.17, 15) is 4.79 Å². The molecule has 0 aromatic carbocycles. The van der Waals surface area contributed by atoms with E-state index in [2.05, 4.69) is 15.1 Å². The van der Waals surface area contributed by atoms with Gasteiger partial charge in [-0.1, -0.05) is 5.16 Å². The molecule has 2 aromatic heterocycles. The van der Waals surface area contributed by atoms with E-state index in [1.54, 1.807) is 6.33 Å². The highest BCUT2D eigenvalue weighted by Gasteiger charge is 2.26. The lowest BCUT2D eigenvalue weighted by molar-refractivity contribution is -0.131. The number of amides is 1. The number of carbonyl (C=O) groups excluding carboxylic acids is 1. The van der Waals surface area contributed by atoms with E-state index in [4.69, 9.17) is 4.52 Å². The average Bonchev–Trinajstić information content (AvgIpc) is 2.93. The van der Waals surface area contributed by atoms with Gasteiger partial charge in [0.05, 0.1) is 12.1 Å². The second-order valence-electron chi connectivity index (χ2n) is 5.86. The van der Waals surface area contributed by atoms with Crippen LogP contribution >= 0.6 is 0 Å². The minimum absolute atomic E-state index is 0.106. The fourth-order valence-electron chi connectivity index (χ4n) is 3.00. The van der Waals surface area contributed by atoms with E-state index < -0.39 is 0 Å². The molecule has 0 N–H and O–H groups in total. The van der Waals surface area contributed by atoms with E-state index in [0.717, 1.165) is 42.9 Å². The molecule has 116 valence electrons. The summed E-state index contributed by atoms with van der Waals surface area (Å²) in [4.78, 5) is 22.7. The van der Waals surface area contributed by atoms with Crippen molar-refractivity contribution in [2.45, 2.75) is 39.0 Å². The molecule has 22 heavy (non-hydrogen) atoms. The molecule has 3 heterocycles. The Morgan fingerprint density at radius 1 is 1.36 bits per heavy atom. The van der Waals surface area contributed by atoms with Crippen molar-refractivity contribution in [3.05, 3.63) is 41.3 Å². The smallest absolute Gasteiger partial charge is 0.230 e. The van der Waals surface area contributed by atoms with E-state index in [1.165, 1.54) is 0 Å². The Morgan fingerprint density at radius 2 is 2.14 bits per heavy atom. The number of aryl methyl sites for hydroxylation is 2. The van der Waals surface area contributed by atoms with Crippen molar-refractivity contribution in [3.8, 4) is 0 Å². The first-order valence-corrected chi connectivity index (χ1v) is 7.60. The summed E-state index contributed by atoms with van der Waals surface area (Å²) in [5, 5.41) is 3.82. The van der Waals surface area contributed by atoms with Crippen LogP contribution in [0.3, 0.4) is 0 Å². The van der Waals surface area contributed by atoms with Gasteiger partial charge in [-0.2, -0.15) is 0 Å². The van der Waals surface area contributed by atoms with Gasteiger partial charge < -0.3 is 9.42 Å². The van der Waals surface area contributed by atoms with Crippen molar-refractivity contribution in [1.82, 2.24) is 20.0 Å². The first-order chi connectivity index (χ1) is 10.6. The lowest BCUT2D eigenvalue weighted by atomic mass is 9.91. The number of likely N-dealkylation sites (tertiary alicyclic amines) is 1. The fourth-order valence-corrected chi connectivity index (χ4v) is 3.00. The van der Waals surface area contributed by atoms with Crippen molar-refractivity contribution >= 4 is 5.91 Å². The Labute approximate surface area is 129 Å². The monoisotopic (exact) mass is 300 g/mol. The molecule has 0 saturated carbocycles. The second kappa shape index (κ2) is 6.25. The largest absolute Gasteiger partial charge is 0.361 e. The standard InChI is InChI=1S/C16H20N4O2/c1-11-9-17-10-18-16(11)13-3-5-20(6-4-13)15(21)8-14-7-12(2)19-22-14/h7,9-10,13H,3-6,8H2,1-2H3. The Balaban J connectivity index is 1.57. The van der Waals surface area contributed by atoms with E-state index >= 15 is 0 Å². The molecule has 0 aliphatic carbocycles. The highest BCUT2D eigenvalue weighted by atomic mass is 16.5. The molecule has 1 amide bonds. The minimum Gasteiger partial charge on any atom is -0.361 e. The van der Waals surface area contributed by atoms with E-state index in [0.29, 0.717) is 11.7 Å². The zero-order valence-corrected chi connectivity index (χ0v) is 13.0. The van der Waals surface area contributed by atoms with Gasteiger partial charge in [-0.05, 0) is 32.3 Å². The number of hydrogen-bond donors (Lipinski definition) is 0. The molecule has 6 heteroatoms. The summed E-state index contributed by atoms with van der Waals surface area (Å²) >= 11 is 0. The third kappa shape index (κ3) is 3.16. The van der Waals surface area contributed by atoms with Crippen LogP contribution in [-0.4, -0.2) is 39.0 Å². The predicted molar refractivity (Wildman–Crippen MR) is 80.3 cm³/mol. The van der Waals surface area contributed by atoms with Crippen LogP contribution in [0.25, 0.3) is 0 Å². The third-order valence-corrected chi connectivity index (χ3v) is 4.17. The number of aromatic nitrogens is 3. The summed E-state index contributed by atoms with van der Waals surface area (Å²) in [6.07, 6.45) is 5.63. The Bertz CT molecular complexity index is 660. The van der Waals surface area contributed by atoms with Crippen LogP contribution in [0.1, 0.15) is 41.5 Å². The molecule has 6 nitrogen and oxygen atoms in total. The van der Waals surface area contributed by atoms with Crippen LogP contribution in [-0.2, 0) is 11.2 Å². The van der Waals surface area contributed by atoms with Gasteiger partial charge in [-0.3, -0.25) is 4.79 Å². The van der Waals surface area contributed by atoms with Crippen LogP contribution in [0.4, 0.5) is 0 Å². The lowest BCUT2D eigenvalue weighted by Gasteiger charge is -2.32. The zero-order chi connectivity index (χ0) is 15.5. The number of carbonyl (C=O) groups is 1. The first-order valence-electron chi connectivity index (χ1n) is 7.60. The summed E-state index contributed by atoms with van der Waals surface area (Å²) in [7, 11) is 0. The molecule has 1 aliphatic rings. The van der Waals surface area contributed by atoms with Gasteiger partial charge in [0, 0.05) is 37.0 Å². The topological polar surface area (TPSA) is 72.1 Å². The lowest BCUT2D eigenvalue weighted by Crippen LogP contribution is -2.39. The number of rotatable bonds is 3. The molecule has 0 radical (unpaired) electrons. The molecule has 0 unspecified atom stereocenters. The molecule has 2 aromatic rings. The third-order valence-electron chi connectivity index (χ3n) is 4.17. The molecule has 3 rings (SSSR count). The second-order valence-corrected chi connectivity index (χ2v) is 5.86. The number of piperidine rings is 1. The van der Waals surface area contributed by atoms with E-state index in [1.807, 2.05) is 31.0 Å². The van der Waals surface area contributed by atoms with Crippen LogP contribution in [0, 0.1) is 13.8 Å². The Morgan fingerprint density at radius 3 is 2.77 bits per heavy atom. The van der Waals surface area contributed by atoms with Crippen molar-refractivity contribution < 1.29 is 9.32 Å². The van der Waals surface area contributed by atoms with Gasteiger partial charge >= 0.3 is 0 Å². The Hall–Kier alpha value is -2.24. The zero-order valence-electron chi connectivity index (χ0n) is 13.0. The molecule has 0 atom stereocenters. The van der Waals surface area contributed by atoms with Gasteiger partial charge in [0.15, 0.2) is 0 Å². The average molecular weight is 300 g/mol. The van der Waals surface area contributed by atoms with Gasteiger partial charge in [0.2, 0.25) is 5.91 Å². The summed E-state index contributed by atoms with van der Waals surface area (Å²) in [5.74, 6) is 1.16. The van der Waals surface area contributed by atoms with Crippen LogP contribution in [0.5, 0.6) is 0 Å². The van der Waals surface area contributed by atoms with Crippen LogP contribution < -0.4 is 0 Å². The molecule has 0 spiro atoms. The van der Waals surface area contributed by atoms with Gasteiger partial charge in [0.25, 0.3) is 0 Å². The quantitative estimate of drug-likeness (QED) is 0.867. The van der Waals surface area contributed by atoms with Crippen molar-refractivity contribution in [3.63, 3.8) is 0 Å². The fraction of sp³-hybridized carbons (Fsp3) is 0.500. The highest BCUT2D eigenvalue weighted by Crippen LogP contribution is 2.28. The maximum absolute atomic E-state index is 12.3. The summed E-state index contributed by atoms with van der Waals surface area (Å²) < 4.78 is 5.12. The van der Waals surface area contributed by atoms with Crippen molar-refractivity contribution in [1.29, 1.82) is 0 Å². The van der Waals surface area contributed by atoms with Gasteiger partial charge in [-0.15, -0.1) is 0 Å². The predicted octanol–water partition coefficient (Wildman–Crippen LogP) is 2.03. The molecular formula is C16H20N4O2. The molecule has 1 saturated heterocycles. The summed E-state index contributed by atoms with van der Waals surface area (Å²) in [6.45, 7) is 5.42. The molecule has 0 bridgehead atoms. The number of hydrogen-bond acceptors (Lipinski definition) is 5. The summed E-state index contributed by atoms with van der Waals surface area (Å²) in [6, 6.07) is 1.81. The van der Waals surface area contributed by atoms with Gasteiger partial charge in [0.1, 0.15) is 12.1 Å². The minimum atomic E-state index is 0.106. The SMILES string of the molecule is Cc1cc(CC(=O)N2CCC(c3ncncc3C)CC2)on1. The van der Waals surface area contributed by atoms with Crippen molar-refractivity contribution in [2.75, 3.05) is 13.1 Å².